The summed E-state index contributed by atoms with van der Waals surface area (Å²) in [4.78, 5) is 16.9. The number of rotatable bonds is 5. The van der Waals surface area contributed by atoms with Gasteiger partial charge in [0.2, 0.25) is 0 Å². The molecule has 1 aromatic heterocycles. The predicted molar refractivity (Wildman–Crippen MR) is 81.8 cm³/mol. The maximum Gasteiger partial charge on any atom is 0.323 e. The lowest BCUT2D eigenvalue weighted by Gasteiger charge is -2.23. The van der Waals surface area contributed by atoms with E-state index in [1.165, 1.54) is 18.4 Å². The molecule has 1 atom stereocenters. The number of H-pyrrole nitrogens is 2. The van der Waals surface area contributed by atoms with Crippen molar-refractivity contribution in [2.75, 3.05) is 6.54 Å². The van der Waals surface area contributed by atoms with Crippen molar-refractivity contribution < 1.29 is 0 Å². The van der Waals surface area contributed by atoms with Crippen LogP contribution in [0.4, 0.5) is 0 Å². The Morgan fingerprint density at radius 1 is 1.20 bits per heavy atom. The fourth-order valence-electron chi connectivity index (χ4n) is 2.91. The van der Waals surface area contributed by atoms with Crippen molar-refractivity contribution in [3.63, 3.8) is 0 Å². The molecule has 0 aliphatic heterocycles. The number of nitrogens with one attached hydrogen (secondary N) is 3. The van der Waals surface area contributed by atoms with Crippen LogP contribution in [0.3, 0.4) is 0 Å². The van der Waals surface area contributed by atoms with E-state index >= 15 is 0 Å². The Bertz CT molecular complexity index is 664. The molecule has 1 saturated carbocycles. The maximum absolute atomic E-state index is 11.3. The number of hydrogen-bond donors (Lipinski definition) is 3. The summed E-state index contributed by atoms with van der Waals surface area (Å²) in [5, 5.41) is 3.65. The van der Waals surface area contributed by atoms with Crippen LogP contribution in [0.1, 0.15) is 45.2 Å². The summed E-state index contributed by atoms with van der Waals surface area (Å²) in [6, 6.07) is 6.41. The molecule has 3 rings (SSSR count). The third-order valence-electron chi connectivity index (χ3n) is 4.92. The first-order valence-electron chi connectivity index (χ1n) is 7.45. The van der Waals surface area contributed by atoms with Crippen molar-refractivity contribution >= 4 is 11.0 Å². The van der Waals surface area contributed by atoms with Crippen molar-refractivity contribution in [1.29, 1.82) is 0 Å². The van der Waals surface area contributed by atoms with Crippen LogP contribution in [0.25, 0.3) is 11.0 Å². The van der Waals surface area contributed by atoms with Crippen LogP contribution in [-0.2, 0) is 0 Å². The first kappa shape index (κ1) is 13.4. The van der Waals surface area contributed by atoms with E-state index in [0.717, 1.165) is 23.5 Å². The van der Waals surface area contributed by atoms with Gasteiger partial charge in [0.15, 0.2) is 0 Å². The second-order valence-electron chi connectivity index (χ2n) is 6.50. The van der Waals surface area contributed by atoms with E-state index in [1.54, 1.807) is 0 Å². The van der Waals surface area contributed by atoms with Gasteiger partial charge in [-0.15, -0.1) is 0 Å². The molecule has 1 heterocycles. The van der Waals surface area contributed by atoms with Gasteiger partial charge in [-0.1, -0.05) is 19.9 Å². The van der Waals surface area contributed by atoms with E-state index in [9.17, 15) is 4.79 Å². The second kappa shape index (κ2) is 4.77. The molecule has 4 nitrogen and oxygen atoms in total. The first-order chi connectivity index (χ1) is 9.50. The summed E-state index contributed by atoms with van der Waals surface area (Å²) in [5.41, 5.74) is 3.33. The van der Waals surface area contributed by atoms with E-state index < -0.39 is 0 Å². The molecule has 0 saturated heterocycles. The summed E-state index contributed by atoms with van der Waals surface area (Å²) in [5.74, 6) is 0.741. The summed E-state index contributed by atoms with van der Waals surface area (Å²) in [7, 11) is 0. The Kier molecular flexibility index (Phi) is 3.21. The minimum atomic E-state index is -0.144. The summed E-state index contributed by atoms with van der Waals surface area (Å²) in [6.07, 6.45) is 2.68. The lowest BCUT2D eigenvalue weighted by atomic mass is 9.92. The smallest absolute Gasteiger partial charge is 0.310 e. The van der Waals surface area contributed by atoms with E-state index in [1.807, 2.05) is 6.07 Å². The fourth-order valence-corrected chi connectivity index (χ4v) is 2.91. The van der Waals surface area contributed by atoms with Crippen LogP contribution in [0.2, 0.25) is 0 Å². The van der Waals surface area contributed by atoms with Crippen molar-refractivity contribution in [3.8, 4) is 0 Å². The highest BCUT2D eigenvalue weighted by Crippen LogP contribution is 2.51. The average molecular weight is 273 g/mol. The van der Waals surface area contributed by atoms with Crippen molar-refractivity contribution in [1.82, 2.24) is 15.3 Å². The Hall–Kier alpha value is -1.55. The topological polar surface area (TPSA) is 60.7 Å². The monoisotopic (exact) mass is 273 g/mol. The van der Waals surface area contributed by atoms with E-state index in [0.29, 0.717) is 11.5 Å². The van der Waals surface area contributed by atoms with Gasteiger partial charge in [0, 0.05) is 12.6 Å². The molecule has 2 aromatic rings. The zero-order valence-corrected chi connectivity index (χ0v) is 12.4. The third kappa shape index (κ3) is 2.40. The van der Waals surface area contributed by atoms with Crippen LogP contribution < -0.4 is 11.0 Å². The Morgan fingerprint density at radius 3 is 2.55 bits per heavy atom. The number of hydrogen-bond acceptors (Lipinski definition) is 2. The molecular weight excluding hydrogens is 250 g/mol. The number of aromatic amines is 2. The fraction of sp³-hybridized carbons (Fsp3) is 0.562. The Morgan fingerprint density at radius 2 is 1.90 bits per heavy atom. The predicted octanol–water partition coefficient (Wildman–Crippen LogP) is 2.94. The van der Waals surface area contributed by atoms with Crippen molar-refractivity contribution in [2.24, 2.45) is 11.3 Å². The van der Waals surface area contributed by atoms with Crippen LogP contribution in [0.5, 0.6) is 0 Å². The normalized spacial score (nSPS) is 18.6. The zero-order chi connectivity index (χ0) is 14.3. The van der Waals surface area contributed by atoms with E-state index in [2.05, 4.69) is 48.2 Å². The molecule has 0 radical (unpaired) electrons. The number of aromatic nitrogens is 2. The van der Waals surface area contributed by atoms with Crippen LogP contribution in [0, 0.1) is 11.3 Å². The molecule has 20 heavy (non-hydrogen) atoms. The quantitative estimate of drug-likeness (QED) is 0.784. The largest absolute Gasteiger partial charge is 0.323 e. The van der Waals surface area contributed by atoms with Gasteiger partial charge in [-0.25, -0.2) is 4.79 Å². The number of benzene rings is 1. The highest BCUT2D eigenvalue weighted by molar-refractivity contribution is 5.75. The van der Waals surface area contributed by atoms with Crippen molar-refractivity contribution in [3.05, 3.63) is 34.2 Å². The van der Waals surface area contributed by atoms with Gasteiger partial charge < -0.3 is 15.3 Å². The standard InChI is InChI=1S/C16H23N3O/c1-10(2)16(6-7-16)9-17-11(3)12-4-5-13-14(8-12)19-15(20)18-13/h4-5,8,10-11,17H,6-7,9H2,1-3H3,(H2,18,19,20). The summed E-state index contributed by atoms with van der Waals surface area (Å²) in [6.45, 7) is 7.89. The highest BCUT2D eigenvalue weighted by atomic mass is 16.1. The van der Waals surface area contributed by atoms with Gasteiger partial charge >= 0.3 is 5.69 Å². The highest BCUT2D eigenvalue weighted by Gasteiger charge is 2.44. The van der Waals surface area contributed by atoms with Crippen LogP contribution in [-0.4, -0.2) is 16.5 Å². The molecule has 3 N–H and O–H groups in total. The molecular formula is C16H23N3O. The summed E-state index contributed by atoms with van der Waals surface area (Å²) < 4.78 is 0. The zero-order valence-electron chi connectivity index (χ0n) is 12.4. The molecule has 1 unspecified atom stereocenters. The van der Waals surface area contributed by atoms with Gasteiger partial charge in [0.1, 0.15) is 0 Å². The van der Waals surface area contributed by atoms with Gasteiger partial charge in [-0.3, -0.25) is 0 Å². The molecule has 4 heteroatoms. The lowest BCUT2D eigenvalue weighted by Crippen LogP contribution is -2.29. The minimum Gasteiger partial charge on any atom is -0.310 e. The molecule has 0 amide bonds. The molecule has 0 bridgehead atoms. The van der Waals surface area contributed by atoms with Crippen molar-refractivity contribution in [2.45, 2.75) is 39.7 Å². The van der Waals surface area contributed by atoms with Gasteiger partial charge in [0.25, 0.3) is 0 Å². The SMILES string of the molecule is CC(NCC1(C(C)C)CC1)c1ccc2[nH]c(=O)[nH]c2c1. The minimum absolute atomic E-state index is 0.144. The van der Waals surface area contributed by atoms with Gasteiger partial charge in [-0.05, 0) is 48.8 Å². The molecule has 1 aromatic carbocycles. The first-order valence-corrected chi connectivity index (χ1v) is 7.45. The van der Waals surface area contributed by atoms with Crippen LogP contribution >= 0.6 is 0 Å². The number of imidazole rings is 1. The summed E-state index contributed by atoms with van der Waals surface area (Å²) >= 11 is 0. The Balaban J connectivity index is 1.72. The maximum atomic E-state index is 11.3. The third-order valence-corrected chi connectivity index (χ3v) is 4.92. The molecule has 1 fully saturated rings. The van der Waals surface area contributed by atoms with E-state index in [4.69, 9.17) is 0 Å². The second-order valence-corrected chi connectivity index (χ2v) is 6.50. The van der Waals surface area contributed by atoms with Crippen LogP contribution in [0.15, 0.2) is 23.0 Å². The lowest BCUT2D eigenvalue weighted by molar-refractivity contribution is 0.325. The van der Waals surface area contributed by atoms with E-state index in [-0.39, 0.29) is 5.69 Å². The average Bonchev–Trinajstić information content (AvgIpc) is 3.11. The Labute approximate surface area is 119 Å². The molecule has 108 valence electrons. The number of fused-ring (bicyclic) bond motifs is 1. The molecule has 1 aliphatic rings. The molecule has 0 spiro atoms. The molecule has 1 aliphatic carbocycles. The van der Waals surface area contributed by atoms with Gasteiger partial charge in [0.05, 0.1) is 11.0 Å². The van der Waals surface area contributed by atoms with Gasteiger partial charge in [-0.2, -0.15) is 0 Å².